The van der Waals surface area contributed by atoms with Crippen molar-refractivity contribution in [2.24, 2.45) is 0 Å². The van der Waals surface area contributed by atoms with E-state index < -0.39 is 0 Å². The largest absolute Gasteiger partial charge is 0.378 e. The standard InChI is InChI=1S/C14H13ClN2O2S/c1-19-7-13-16-11(8-20-13)14(18)17-5-4-9-2-3-10(15)6-12(9)17/h2-3,6,8H,4-5,7H2,1H3. The van der Waals surface area contributed by atoms with Gasteiger partial charge < -0.3 is 9.64 Å². The lowest BCUT2D eigenvalue weighted by molar-refractivity contribution is 0.0984. The zero-order valence-electron chi connectivity index (χ0n) is 10.9. The third-order valence-corrected chi connectivity index (χ3v) is 4.28. The highest BCUT2D eigenvalue weighted by molar-refractivity contribution is 7.09. The van der Waals surface area contributed by atoms with Crippen LogP contribution in [0.4, 0.5) is 5.69 Å². The third kappa shape index (κ3) is 2.44. The summed E-state index contributed by atoms with van der Waals surface area (Å²) in [5, 5.41) is 3.22. The molecule has 1 aliphatic rings. The minimum absolute atomic E-state index is 0.0791. The van der Waals surface area contributed by atoms with E-state index in [0.717, 1.165) is 22.7 Å². The van der Waals surface area contributed by atoms with Gasteiger partial charge in [-0.2, -0.15) is 0 Å². The number of thiazole rings is 1. The van der Waals surface area contributed by atoms with Gasteiger partial charge in [-0.3, -0.25) is 4.79 Å². The molecule has 0 saturated heterocycles. The molecule has 0 N–H and O–H groups in total. The highest BCUT2D eigenvalue weighted by atomic mass is 35.5. The van der Waals surface area contributed by atoms with Gasteiger partial charge in [0.2, 0.25) is 0 Å². The third-order valence-electron chi connectivity index (χ3n) is 3.23. The van der Waals surface area contributed by atoms with Crippen LogP contribution in [0.1, 0.15) is 21.1 Å². The summed E-state index contributed by atoms with van der Waals surface area (Å²) in [6.07, 6.45) is 0.854. The lowest BCUT2D eigenvalue weighted by Gasteiger charge is -2.16. The average Bonchev–Trinajstić information content (AvgIpc) is 3.05. The maximum atomic E-state index is 12.5. The number of carbonyl (C=O) groups is 1. The summed E-state index contributed by atoms with van der Waals surface area (Å²) >= 11 is 7.45. The Kier molecular flexibility index (Phi) is 3.74. The first-order valence-electron chi connectivity index (χ1n) is 6.22. The van der Waals surface area contributed by atoms with Gasteiger partial charge in [0.15, 0.2) is 0 Å². The summed E-state index contributed by atoms with van der Waals surface area (Å²) in [5.74, 6) is -0.0791. The monoisotopic (exact) mass is 308 g/mol. The minimum atomic E-state index is -0.0791. The van der Waals surface area contributed by atoms with Crippen LogP contribution in [0.15, 0.2) is 23.6 Å². The number of halogens is 1. The molecule has 0 saturated carbocycles. The number of rotatable bonds is 3. The van der Waals surface area contributed by atoms with Crippen molar-refractivity contribution in [2.45, 2.75) is 13.0 Å². The molecule has 1 amide bonds. The van der Waals surface area contributed by atoms with Crippen LogP contribution in [0.25, 0.3) is 0 Å². The molecule has 2 aromatic rings. The number of carbonyl (C=O) groups excluding carboxylic acids is 1. The number of aromatic nitrogens is 1. The Morgan fingerprint density at radius 2 is 2.40 bits per heavy atom. The van der Waals surface area contributed by atoms with E-state index in [1.807, 2.05) is 18.2 Å². The first kappa shape index (κ1) is 13.5. The van der Waals surface area contributed by atoms with E-state index in [0.29, 0.717) is 23.9 Å². The van der Waals surface area contributed by atoms with Crippen LogP contribution in [0, 0.1) is 0 Å². The number of amides is 1. The highest BCUT2D eigenvalue weighted by Crippen LogP contribution is 2.32. The highest BCUT2D eigenvalue weighted by Gasteiger charge is 2.27. The Morgan fingerprint density at radius 3 is 3.20 bits per heavy atom. The van der Waals surface area contributed by atoms with E-state index in [9.17, 15) is 4.79 Å². The fraction of sp³-hybridized carbons (Fsp3) is 0.286. The molecule has 0 fully saturated rings. The van der Waals surface area contributed by atoms with Gasteiger partial charge in [0.25, 0.3) is 5.91 Å². The van der Waals surface area contributed by atoms with Gasteiger partial charge in [0, 0.05) is 29.7 Å². The molecule has 0 radical (unpaired) electrons. The summed E-state index contributed by atoms with van der Waals surface area (Å²) in [7, 11) is 1.61. The van der Waals surface area contributed by atoms with Crippen LogP contribution < -0.4 is 4.90 Å². The normalized spacial score (nSPS) is 13.6. The number of ether oxygens (including phenoxy) is 1. The van der Waals surface area contributed by atoms with Gasteiger partial charge in [0.05, 0.1) is 6.61 Å². The quantitative estimate of drug-likeness (QED) is 0.875. The van der Waals surface area contributed by atoms with E-state index in [4.69, 9.17) is 16.3 Å². The zero-order chi connectivity index (χ0) is 14.1. The van der Waals surface area contributed by atoms with Crippen molar-refractivity contribution in [3.63, 3.8) is 0 Å². The van der Waals surface area contributed by atoms with Crippen LogP contribution in [0.3, 0.4) is 0 Å². The van der Waals surface area contributed by atoms with Gasteiger partial charge in [-0.05, 0) is 24.1 Å². The summed E-state index contributed by atoms with van der Waals surface area (Å²) in [4.78, 5) is 18.6. The Hall–Kier alpha value is -1.43. The number of hydrogen-bond acceptors (Lipinski definition) is 4. The van der Waals surface area contributed by atoms with E-state index in [1.54, 1.807) is 17.4 Å². The van der Waals surface area contributed by atoms with Crippen LogP contribution in [0.5, 0.6) is 0 Å². The molecule has 104 valence electrons. The van der Waals surface area contributed by atoms with Crippen molar-refractivity contribution >= 4 is 34.5 Å². The number of hydrogen-bond donors (Lipinski definition) is 0. The van der Waals surface area contributed by atoms with Gasteiger partial charge in [-0.15, -0.1) is 11.3 Å². The minimum Gasteiger partial charge on any atom is -0.378 e. The SMILES string of the molecule is COCc1nc(C(=O)N2CCc3ccc(Cl)cc32)cs1. The van der Waals surface area contributed by atoms with Gasteiger partial charge in [0.1, 0.15) is 10.7 Å². The number of benzene rings is 1. The second-order valence-corrected chi connectivity index (χ2v) is 5.92. The zero-order valence-corrected chi connectivity index (χ0v) is 12.5. The number of fused-ring (bicyclic) bond motifs is 1. The molecule has 20 heavy (non-hydrogen) atoms. The molecule has 3 rings (SSSR count). The number of nitrogens with zero attached hydrogens (tertiary/aromatic N) is 2. The molecule has 4 nitrogen and oxygen atoms in total. The van der Waals surface area contributed by atoms with E-state index in [-0.39, 0.29) is 5.91 Å². The molecular formula is C14H13ClN2O2S. The molecular weight excluding hydrogens is 296 g/mol. The van der Waals surface area contributed by atoms with Crippen LogP contribution in [-0.4, -0.2) is 24.5 Å². The predicted octanol–water partition coefficient (Wildman–Crippen LogP) is 3.15. The van der Waals surface area contributed by atoms with Crippen molar-refractivity contribution in [2.75, 3.05) is 18.6 Å². The number of methoxy groups -OCH3 is 1. The lowest BCUT2D eigenvalue weighted by atomic mass is 10.2. The van der Waals surface area contributed by atoms with Crippen LogP contribution in [0.2, 0.25) is 5.02 Å². The molecule has 0 spiro atoms. The lowest BCUT2D eigenvalue weighted by Crippen LogP contribution is -2.29. The predicted molar refractivity (Wildman–Crippen MR) is 79.7 cm³/mol. The van der Waals surface area contributed by atoms with Crippen LogP contribution in [-0.2, 0) is 17.8 Å². The molecule has 1 aromatic heterocycles. The molecule has 0 unspecified atom stereocenters. The molecule has 0 aliphatic carbocycles. The smallest absolute Gasteiger partial charge is 0.277 e. The Labute approximate surface area is 126 Å². The average molecular weight is 309 g/mol. The molecule has 1 aliphatic heterocycles. The van der Waals surface area contributed by atoms with Gasteiger partial charge in [-0.25, -0.2) is 4.98 Å². The molecule has 0 bridgehead atoms. The second-order valence-electron chi connectivity index (χ2n) is 4.54. The van der Waals surface area contributed by atoms with Crippen molar-refractivity contribution in [3.05, 3.63) is 44.9 Å². The Morgan fingerprint density at radius 1 is 1.55 bits per heavy atom. The molecule has 0 atom stereocenters. The van der Waals surface area contributed by atoms with E-state index >= 15 is 0 Å². The fourth-order valence-electron chi connectivity index (χ4n) is 2.30. The van der Waals surface area contributed by atoms with Gasteiger partial charge in [-0.1, -0.05) is 17.7 Å². The molecule has 6 heteroatoms. The van der Waals surface area contributed by atoms with E-state index in [2.05, 4.69) is 4.98 Å². The molecule has 1 aromatic carbocycles. The first-order valence-corrected chi connectivity index (χ1v) is 7.48. The Balaban J connectivity index is 1.87. The summed E-state index contributed by atoms with van der Waals surface area (Å²) < 4.78 is 5.02. The van der Waals surface area contributed by atoms with Crippen molar-refractivity contribution in [1.29, 1.82) is 0 Å². The summed E-state index contributed by atoms with van der Waals surface area (Å²) in [6, 6.07) is 5.67. The first-order chi connectivity index (χ1) is 9.69. The molecule has 2 heterocycles. The van der Waals surface area contributed by atoms with Gasteiger partial charge >= 0.3 is 0 Å². The van der Waals surface area contributed by atoms with Crippen molar-refractivity contribution < 1.29 is 9.53 Å². The second kappa shape index (κ2) is 5.52. The maximum Gasteiger partial charge on any atom is 0.277 e. The topological polar surface area (TPSA) is 42.4 Å². The summed E-state index contributed by atoms with van der Waals surface area (Å²) in [6.45, 7) is 1.10. The number of anilines is 1. The fourth-order valence-corrected chi connectivity index (χ4v) is 3.20. The van der Waals surface area contributed by atoms with E-state index in [1.165, 1.54) is 11.3 Å². The van der Waals surface area contributed by atoms with Crippen molar-refractivity contribution in [1.82, 2.24) is 4.98 Å². The maximum absolute atomic E-state index is 12.5. The summed E-state index contributed by atoms with van der Waals surface area (Å²) in [5.41, 5.74) is 2.51. The Bertz CT molecular complexity index is 656. The van der Waals surface area contributed by atoms with Crippen LogP contribution >= 0.6 is 22.9 Å². The van der Waals surface area contributed by atoms with Crippen molar-refractivity contribution in [3.8, 4) is 0 Å².